The third-order valence-electron chi connectivity index (χ3n) is 5.73. The number of benzene rings is 1. The van der Waals surface area contributed by atoms with Gasteiger partial charge in [-0.2, -0.15) is 0 Å². The fraction of sp³-hybridized carbons (Fsp3) is 0.381. The topological polar surface area (TPSA) is 61.9 Å². The van der Waals surface area contributed by atoms with Crippen LogP contribution in [0.2, 0.25) is 0 Å². The number of aromatic amines is 1. The Kier molecular flexibility index (Phi) is 3.92. The molecule has 0 bridgehead atoms. The van der Waals surface area contributed by atoms with Gasteiger partial charge < -0.3 is 9.88 Å². The highest BCUT2D eigenvalue weighted by atomic mass is 19.1. The van der Waals surface area contributed by atoms with Crippen molar-refractivity contribution < 1.29 is 9.18 Å². The van der Waals surface area contributed by atoms with E-state index >= 15 is 0 Å². The Hall–Kier alpha value is -2.76. The zero-order valence-electron chi connectivity index (χ0n) is 15.0. The molecule has 0 radical (unpaired) electrons. The lowest BCUT2D eigenvalue weighted by Gasteiger charge is -2.31. The van der Waals surface area contributed by atoms with Crippen molar-refractivity contribution in [3.63, 3.8) is 0 Å². The summed E-state index contributed by atoms with van der Waals surface area (Å²) >= 11 is 0. The summed E-state index contributed by atoms with van der Waals surface area (Å²) in [7, 11) is 0. The molecule has 1 aromatic carbocycles. The van der Waals surface area contributed by atoms with Crippen molar-refractivity contribution in [1.29, 1.82) is 0 Å². The lowest BCUT2D eigenvalue weighted by molar-refractivity contribution is 0.0707. The molecule has 138 valence electrons. The molecule has 0 atom stereocenters. The third-order valence-corrected chi connectivity index (χ3v) is 5.73. The summed E-state index contributed by atoms with van der Waals surface area (Å²) in [6, 6.07) is 6.60. The maximum atomic E-state index is 13.4. The van der Waals surface area contributed by atoms with E-state index in [4.69, 9.17) is 0 Å². The highest BCUT2D eigenvalue weighted by Gasteiger charge is 2.29. The van der Waals surface area contributed by atoms with Crippen molar-refractivity contribution in [2.24, 2.45) is 0 Å². The van der Waals surface area contributed by atoms with Crippen LogP contribution in [0.5, 0.6) is 0 Å². The summed E-state index contributed by atoms with van der Waals surface area (Å²) in [5.41, 5.74) is 2.56. The number of H-pyrrole nitrogens is 1. The Labute approximate surface area is 156 Å². The number of amides is 1. The second-order valence-corrected chi connectivity index (χ2v) is 7.57. The molecule has 5 nitrogen and oxygen atoms in total. The summed E-state index contributed by atoms with van der Waals surface area (Å²) in [4.78, 5) is 26.7. The molecule has 6 heteroatoms. The first-order valence-corrected chi connectivity index (χ1v) is 9.58. The smallest absolute Gasteiger partial charge is 0.272 e. The number of rotatable bonds is 3. The van der Waals surface area contributed by atoms with Gasteiger partial charge in [0.25, 0.3) is 5.91 Å². The Bertz CT molecular complexity index is 1000. The molecule has 2 fully saturated rings. The standard InChI is InChI=1S/C21H21FN4O/c22-15-3-4-16-17(12-24-19(16)11-15)13-6-9-26(10-7-13)21(27)18-5-8-23-20(25-18)14-1-2-14/h3-5,8,11-14,24H,1-2,6-7,9-10H2. The highest BCUT2D eigenvalue weighted by Crippen LogP contribution is 2.38. The second-order valence-electron chi connectivity index (χ2n) is 7.57. The van der Waals surface area contributed by atoms with Crippen molar-refractivity contribution in [2.75, 3.05) is 13.1 Å². The predicted molar refractivity (Wildman–Crippen MR) is 100 cm³/mol. The van der Waals surface area contributed by atoms with E-state index in [0.29, 0.717) is 30.6 Å². The van der Waals surface area contributed by atoms with E-state index in [0.717, 1.165) is 42.4 Å². The van der Waals surface area contributed by atoms with Crippen molar-refractivity contribution in [3.8, 4) is 0 Å². The lowest BCUT2D eigenvalue weighted by Crippen LogP contribution is -2.38. The van der Waals surface area contributed by atoms with Gasteiger partial charge in [-0.1, -0.05) is 0 Å². The number of halogens is 1. The van der Waals surface area contributed by atoms with Gasteiger partial charge in [-0.3, -0.25) is 4.79 Å². The van der Waals surface area contributed by atoms with Crippen LogP contribution >= 0.6 is 0 Å². The zero-order valence-corrected chi connectivity index (χ0v) is 15.0. The quantitative estimate of drug-likeness (QED) is 0.764. The number of nitrogens with one attached hydrogen (secondary N) is 1. The normalized spacial score (nSPS) is 18.2. The number of aromatic nitrogens is 3. The number of nitrogens with zero attached hydrogens (tertiary/aromatic N) is 3. The van der Waals surface area contributed by atoms with Crippen molar-refractivity contribution in [3.05, 3.63) is 59.6 Å². The minimum absolute atomic E-state index is 0.00116. The largest absolute Gasteiger partial charge is 0.361 e. The van der Waals surface area contributed by atoms with Crippen LogP contribution in [0.1, 0.15) is 59.4 Å². The van der Waals surface area contributed by atoms with E-state index in [1.807, 2.05) is 17.2 Å². The van der Waals surface area contributed by atoms with Crippen molar-refractivity contribution in [2.45, 2.75) is 37.5 Å². The molecule has 1 saturated carbocycles. The number of piperidine rings is 1. The van der Waals surface area contributed by atoms with E-state index in [1.54, 1.807) is 12.3 Å². The van der Waals surface area contributed by atoms with Gasteiger partial charge in [0.05, 0.1) is 0 Å². The fourth-order valence-electron chi connectivity index (χ4n) is 4.05. The van der Waals surface area contributed by atoms with Crippen LogP contribution < -0.4 is 0 Å². The average Bonchev–Trinajstić information content (AvgIpc) is 3.48. The van der Waals surface area contributed by atoms with E-state index in [1.165, 1.54) is 17.7 Å². The van der Waals surface area contributed by atoms with Gasteiger partial charge in [0.2, 0.25) is 0 Å². The van der Waals surface area contributed by atoms with Crippen LogP contribution in [-0.4, -0.2) is 38.8 Å². The summed E-state index contributed by atoms with van der Waals surface area (Å²) in [6.45, 7) is 1.42. The second kappa shape index (κ2) is 6.44. The van der Waals surface area contributed by atoms with E-state index in [2.05, 4.69) is 15.0 Å². The molecule has 5 rings (SSSR count). The molecule has 0 unspecified atom stereocenters. The summed E-state index contributed by atoms with van der Waals surface area (Å²) in [5.74, 6) is 1.39. The van der Waals surface area contributed by atoms with E-state index < -0.39 is 0 Å². The first kappa shape index (κ1) is 16.4. The number of hydrogen-bond donors (Lipinski definition) is 1. The average molecular weight is 364 g/mol. The monoisotopic (exact) mass is 364 g/mol. The molecule has 0 spiro atoms. The van der Waals surface area contributed by atoms with Crippen LogP contribution in [0.25, 0.3) is 10.9 Å². The minimum atomic E-state index is -0.230. The lowest BCUT2D eigenvalue weighted by atomic mass is 9.89. The number of likely N-dealkylation sites (tertiary alicyclic amines) is 1. The van der Waals surface area contributed by atoms with Gasteiger partial charge in [-0.05, 0) is 61.4 Å². The summed E-state index contributed by atoms with van der Waals surface area (Å²) in [6.07, 6.45) is 7.73. The molecule has 1 aliphatic heterocycles. The molecule has 1 amide bonds. The van der Waals surface area contributed by atoms with Gasteiger partial charge in [-0.15, -0.1) is 0 Å². The van der Waals surface area contributed by atoms with Crippen LogP contribution in [0.4, 0.5) is 4.39 Å². The number of hydrogen-bond acceptors (Lipinski definition) is 3. The van der Waals surface area contributed by atoms with Gasteiger partial charge in [0, 0.05) is 42.3 Å². The molecule has 27 heavy (non-hydrogen) atoms. The van der Waals surface area contributed by atoms with Gasteiger partial charge >= 0.3 is 0 Å². The number of fused-ring (bicyclic) bond motifs is 1. The molecular formula is C21H21FN4O. The van der Waals surface area contributed by atoms with E-state index in [-0.39, 0.29) is 11.7 Å². The Morgan fingerprint density at radius 2 is 1.93 bits per heavy atom. The minimum Gasteiger partial charge on any atom is -0.361 e. The highest BCUT2D eigenvalue weighted by molar-refractivity contribution is 5.92. The van der Waals surface area contributed by atoms with Crippen molar-refractivity contribution >= 4 is 16.8 Å². The first-order chi connectivity index (χ1) is 13.2. The van der Waals surface area contributed by atoms with Crippen LogP contribution in [-0.2, 0) is 0 Å². The summed E-state index contributed by atoms with van der Waals surface area (Å²) in [5, 5.41) is 1.08. The SMILES string of the molecule is O=C(c1ccnc(C2CC2)n1)N1CCC(c2c[nH]c3cc(F)ccc23)CC1. The van der Waals surface area contributed by atoms with Crippen LogP contribution in [0.15, 0.2) is 36.7 Å². The van der Waals surface area contributed by atoms with Crippen molar-refractivity contribution in [1.82, 2.24) is 19.9 Å². The number of carbonyl (C=O) groups excluding carboxylic acids is 1. The van der Waals surface area contributed by atoms with Crippen LogP contribution in [0, 0.1) is 5.82 Å². The van der Waals surface area contributed by atoms with E-state index in [9.17, 15) is 9.18 Å². The zero-order chi connectivity index (χ0) is 18.4. The molecule has 2 aliphatic rings. The maximum Gasteiger partial charge on any atom is 0.272 e. The van der Waals surface area contributed by atoms with Gasteiger partial charge in [0.1, 0.15) is 17.3 Å². The molecule has 2 aromatic heterocycles. The first-order valence-electron chi connectivity index (χ1n) is 9.58. The number of carbonyl (C=O) groups is 1. The predicted octanol–water partition coefficient (Wildman–Crippen LogP) is 3.99. The molecule has 1 N–H and O–H groups in total. The molecular weight excluding hydrogens is 343 g/mol. The Morgan fingerprint density at radius 1 is 1.11 bits per heavy atom. The van der Waals surface area contributed by atoms with Gasteiger partial charge in [-0.25, -0.2) is 14.4 Å². The third kappa shape index (κ3) is 3.09. The fourth-order valence-corrected chi connectivity index (χ4v) is 4.05. The Balaban J connectivity index is 1.29. The Morgan fingerprint density at radius 3 is 2.70 bits per heavy atom. The van der Waals surface area contributed by atoms with Gasteiger partial charge in [0.15, 0.2) is 0 Å². The summed E-state index contributed by atoms with van der Waals surface area (Å²) < 4.78 is 13.4. The maximum absolute atomic E-state index is 13.4. The molecule has 3 aromatic rings. The molecule has 1 saturated heterocycles. The molecule has 3 heterocycles. The molecule has 1 aliphatic carbocycles. The van der Waals surface area contributed by atoms with Crippen LogP contribution in [0.3, 0.4) is 0 Å².